The Balaban J connectivity index is 1.50. The Morgan fingerprint density at radius 2 is 1.17 bits per heavy atom. The second-order valence-electron chi connectivity index (χ2n) is 12.9. The summed E-state index contributed by atoms with van der Waals surface area (Å²) in [6, 6.07) is 0.700. The van der Waals surface area contributed by atoms with E-state index in [4.69, 9.17) is 17.2 Å². The van der Waals surface area contributed by atoms with Gasteiger partial charge in [0.15, 0.2) is 0 Å². The molecule has 0 spiro atoms. The number of nitrogens with one attached hydrogen (secondary N) is 1. The largest absolute Gasteiger partial charge is 0.330 e. The van der Waals surface area contributed by atoms with Crippen molar-refractivity contribution in [3.05, 3.63) is 0 Å². The maximum absolute atomic E-state index is 6.23. The van der Waals surface area contributed by atoms with E-state index in [2.05, 4.69) is 12.2 Å². The van der Waals surface area contributed by atoms with Gasteiger partial charge in [0.2, 0.25) is 0 Å². The zero-order valence-corrected chi connectivity index (χ0v) is 24.4. The van der Waals surface area contributed by atoms with E-state index in [9.17, 15) is 0 Å². The number of nitrogens with two attached hydrogens (primary N) is 3. The maximum atomic E-state index is 6.23. The lowest BCUT2D eigenvalue weighted by Crippen LogP contribution is -2.54. The molecule has 0 aromatic heterocycles. The van der Waals surface area contributed by atoms with Gasteiger partial charge in [0.1, 0.15) is 0 Å². The van der Waals surface area contributed by atoms with Crippen molar-refractivity contribution in [2.24, 2.45) is 35.0 Å². The minimum atomic E-state index is -0.411. The maximum Gasteiger partial charge on any atom is 0.0636 e. The van der Waals surface area contributed by atoms with Crippen LogP contribution in [0.5, 0.6) is 0 Å². The van der Waals surface area contributed by atoms with Crippen molar-refractivity contribution in [3.63, 3.8) is 0 Å². The molecule has 2 fully saturated rings. The number of rotatable bonds is 21. The second kappa shape index (κ2) is 19.8. The molecule has 0 aromatic rings. The summed E-state index contributed by atoms with van der Waals surface area (Å²) >= 11 is 0. The average Bonchev–Trinajstić information content (AvgIpc) is 2.89. The highest BCUT2D eigenvalue weighted by molar-refractivity contribution is 4.92. The van der Waals surface area contributed by atoms with Crippen molar-refractivity contribution in [3.8, 4) is 0 Å². The highest BCUT2D eigenvalue weighted by Crippen LogP contribution is 2.37. The van der Waals surface area contributed by atoms with E-state index in [1.54, 1.807) is 0 Å². The predicted octanol–water partition coefficient (Wildman–Crippen LogP) is 7.78. The van der Waals surface area contributed by atoms with Crippen molar-refractivity contribution in [2.75, 3.05) is 13.1 Å². The van der Waals surface area contributed by atoms with Crippen LogP contribution < -0.4 is 22.5 Å². The Morgan fingerprint density at radius 1 is 0.667 bits per heavy atom. The van der Waals surface area contributed by atoms with E-state index < -0.39 is 5.66 Å². The molecule has 2 atom stereocenters. The molecule has 0 radical (unpaired) electrons. The van der Waals surface area contributed by atoms with Crippen molar-refractivity contribution >= 4 is 0 Å². The molecule has 0 heterocycles. The van der Waals surface area contributed by atoms with E-state index in [0.29, 0.717) is 6.04 Å². The van der Waals surface area contributed by atoms with Crippen LogP contribution in [0.2, 0.25) is 0 Å². The summed E-state index contributed by atoms with van der Waals surface area (Å²) in [5.41, 5.74) is 18.1. The summed E-state index contributed by atoms with van der Waals surface area (Å²) in [4.78, 5) is 0. The second-order valence-corrected chi connectivity index (χ2v) is 12.9. The molecule has 2 saturated carbocycles. The van der Waals surface area contributed by atoms with Gasteiger partial charge in [-0.25, -0.2) is 0 Å². The van der Waals surface area contributed by atoms with Crippen LogP contribution >= 0.6 is 0 Å². The average molecular weight is 507 g/mol. The summed E-state index contributed by atoms with van der Waals surface area (Å²) in [5.74, 6) is 2.43. The Kier molecular flexibility index (Phi) is 17.7. The van der Waals surface area contributed by atoms with Gasteiger partial charge in [0.05, 0.1) is 5.66 Å². The fourth-order valence-electron chi connectivity index (χ4n) is 7.05. The molecular weight excluding hydrogens is 440 g/mol. The molecule has 214 valence electrons. The zero-order chi connectivity index (χ0) is 25.9. The van der Waals surface area contributed by atoms with E-state index in [1.165, 1.54) is 148 Å². The lowest BCUT2D eigenvalue weighted by molar-refractivity contribution is 0.142. The van der Waals surface area contributed by atoms with Crippen molar-refractivity contribution in [1.29, 1.82) is 0 Å². The van der Waals surface area contributed by atoms with Gasteiger partial charge < -0.3 is 22.5 Å². The fourth-order valence-corrected chi connectivity index (χ4v) is 7.05. The van der Waals surface area contributed by atoms with Crippen molar-refractivity contribution in [2.45, 2.75) is 173 Å². The topological polar surface area (TPSA) is 90.1 Å². The molecule has 7 N–H and O–H groups in total. The quantitative estimate of drug-likeness (QED) is 0.0945. The van der Waals surface area contributed by atoms with Crippen LogP contribution in [0.15, 0.2) is 0 Å². The molecular formula is C32H66N4. The zero-order valence-electron chi connectivity index (χ0n) is 24.4. The van der Waals surface area contributed by atoms with Crippen LogP contribution in [-0.4, -0.2) is 24.8 Å². The van der Waals surface area contributed by atoms with Gasteiger partial charge in [0.25, 0.3) is 0 Å². The van der Waals surface area contributed by atoms with Crippen LogP contribution in [0.1, 0.15) is 161 Å². The van der Waals surface area contributed by atoms with Crippen LogP contribution in [0.4, 0.5) is 0 Å². The first-order chi connectivity index (χ1) is 17.6. The van der Waals surface area contributed by atoms with Gasteiger partial charge in [-0.2, -0.15) is 0 Å². The van der Waals surface area contributed by atoms with E-state index in [0.717, 1.165) is 37.1 Å². The molecule has 36 heavy (non-hydrogen) atoms. The first kappa shape index (κ1) is 32.1. The van der Waals surface area contributed by atoms with Crippen molar-refractivity contribution < 1.29 is 0 Å². The van der Waals surface area contributed by atoms with Crippen LogP contribution in [-0.2, 0) is 0 Å². The van der Waals surface area contributed by atoms with Crippen LogP contribution in [0.3, 0.4) is 0 Å². The molecule has 2 aliphatic rings. The molecule has 4 heteroatoms. The number of unbranched alkanes of at least 4 members (excludes halogenated alkanes) is 11. The standard InChI is InChI=1S/C32H66N4/c1-2-3-4-5-6-9-13-18-28(27-33)19-14-10-7-8-11-17-26-36-31(29-20-15-12-16-21-29)30-22-24-32(34,35)25-23-30/h28-31,36H,2-27,33-35H2,1H3. The molecule has 4 nitrogen and oxygen atoms in total. The Morgan fingerprint density at radius 3 is 1.72 bits per heavy atom. The minimum Gasteiger partial charge on any atom is -0.330 e. The summed E-state index contributed by atoms with van der Waals surface area (Å²) in [7, 11) is 0. The van der Waals surface area contributed by atoms with Gasteiger partial charge >= 0.3 is 0 Å². The molecule has 0 aromatic carbocycles. The van der Waals surface area contributed by atoms with Crippen molar-refractivity contribution in [1.82, 2.24) is 5.32 Å². The van der Waals surface area contributed by atoms with Gasteiger partial charge in [-0.15, -0.1) is 0 Å². The smallest absolute Gasteiger partial charge is 0.0636 e. The Bertz CT molecular complexity index is 492. The highest BCUT2D eigenvalue weighted by atomic mass is 15.0. The first-order valence-electron chi connectivity index (χ1n) is 16.6. The number of hydrogen-bond donors (Lipinski definition) is 4. The molecule has 0 bridgehead atoms. The third-order valence-electron chi connectivity index (χ3n) is 9.60. The van der Waals surface area contributed by atoms with Gasteiger partial charge in [-0.3, -0.25) is 0 Å². The molecule has 2 unspecified atom stereocenters. The van der Waals surface area contributed by atoms with Gasteiger partial charge in [-0.05, 0) is 88.6 Å². The predicted molar refractivity (Wildman–Crippen MR) is 159 cm³/mol. The van der Waals surface area contributed by atoms with E-state index >= 15 is 0 Å². The van der Waals surface area contributed by atoms with E-state index in [1.807, 2.05) is 0 Å². The van der Waals surface area contributed by atoms with Crippen LogP contribution in [0, 0.1) is 17.8 Å². The molecule has 2 aliphatic carbocycles. The fraction of sp³-hybridized carbons (Fsp3) is 1.00. The molecule has 0 amide bonds. The number of hydrogen-bond acceptors (Lipinski definition) is 4. The monoisotopic (exact) mass is 507 g/mol. The van der Waals surface area contributed by atoms with Crippen LogP contribution in [0.25, 0.3) is 0 Å². The lowest BCUT2D eigenvalue weighted by Gasteiger charge is -2.42. The summed E-state index contributed by atoms with van der Waals surface area (Å²) in [5, 5.41) is 4.05. The molecule has 2 rings (SSSR count). The van der Waals surface area contributed by atoms with Gasteiger partial charge in [0, 0.05) is 6.04 Å². The summed E-state index contributed by atoms with van der Waals surface area (Å²) < 4.78 is 0. The summed E-state index contributed by atoms with van der Waals surface area (Å²) in [6.07, 6.45) is 32.4. The van der Waals surface area contributed by atoms with Gasteiger partial charge in [-0.1, -0.05) is 103 Å². The third kappa shape index (κ3) is 14.1. The first-order valence-corrected chi connectivity index (χ1v) is 16.6. The normalized spacial score (nSPS) is 21.0. The molecule has 0 saturated heterocycles. The molecule has 0 aliphatic heterocycles. The SMILES string of the molecule is CCCCCCCCCC(CN)CCCCCCCCNC(C1CCCCC1)C1CCC(N)(N)CC1. The Labute approximate surface area is 226 Å². The third-order valence-corrected chi connectivity index (χ3v) is 9.60. The highest BCUT2D eigenvalue weighted by Gasteiger charge is 2.35. The lowest BCUT2D eigenvalue weighted by atomic mass is 9.72. The van der Waals surface area contributed by atoms with E-state index in [-0.39, 0.29) is 0 Å². The summed E-state index contributed by atoms with van der Waals surface area (Å²) in [6.45, 7) is 4.38. The Hall–Kier alpha value is -0.160. The minimum absolute atomic E-state index is 0.411.